The monoisotopic (exact) mass is 336 g/mol. The molecule has 1 heterocycles. The van der Waals surface area contributed by atoms with E-state index in [9.17, 15) is 9.90 Å². The van der Waals surface area contributed by atoms with E-state index in [1.54, 1.807) is 12.1 Å². The van der Waals surface area contributed by atoms with E-state index in [0.717, 1.165) is 0 Å². The molecular formula is C16H10Cl2O4. The molecule has 0 bridgehead atoms. The molecule has 0 saturated heterocycles. The number of Topliss-reactive ketones (excluding diaryl/α,β-unsaturated/α-hetero) is 1. The van der Waals surface area contributed by atoms with Crippen LogP contribution in [0.3, 0.4) is 0 Å². The highest BCUT2D eigenvalue weighted by atomic mass is 35.5. The maximum absolute atomic E-state index is 12.3. The number of ether oxygens (including phenoxy) is 2. The number of phenolic OH excluding ortho intramolecular Hbond substituents is 1. The van der Waals surface area contributed by atoms with Gasteiger partial charge in [-0.3, -0.25) is 4.79 Å². The summed E-state index contributed by atoms with van der Waals surface area (Å²) in [5.74, 6) is 0.415. The second-order valence-electron chi connectivity index (χ2n) is 4.64. The number of hydrogen-bond donors (Lipinski definition) is 1. The van der Waals surface area contributed by atoms with Crippen LogP contribution in [0.25, 0.3) is 6.08 Å². The van der Waals surface area contributed by atoms with E-state index in [2.05, 4.69) is 0 Å². The molecule has 0 amide bonds. The van der Waals surface area contributed by atoms with Crippen molar-refractivity contribution in [1.82, 2.24) is 0 Å². The fourth-order valence-electron chi connectivity index (χ4n) is 2.16. The number of hydrogen-bond acceptors (Lipinski definition) is 4. The molecule has 0 saturated carbocycles. The number of phenols is 1. The first-order chi connectivity index (χ1) is 10.5. The van der Waals surface area contributed by atoms with Gasteiger partial charge in [0.05, 0.1) is 17.7 Å². The van der Waals surface area contributed by atoms with Crippen LogP contribution in [0.2, 0.25) is 10.0 Å². The van der Waals surface area contributed by atoms with Crippen LogP contribution in [0.15, 0.2) is 36.1 Å². The van der Waals surface area contributed by atoms with Crippen molar-refractivity contribution >= 4 is 35.1 Å². The lowest BCUT2D eigenvalue weighted by Gasteiger charge is -2.04. The Hall–Kier alpha value is -2.17. The standard InChI is InChI=1S/C16H10Cl2O4/c1-21-13-3-2-8(4-12(13)19)5-14-15(20)10-6-9(17)7-11(18)16(10)22-14/h2-7,19H,1H3/b14-5-. The molecule has 4 nitrogen and oxygen atoms in total. The zero-order chi connectivity index (χ0) is 15.9. The molecule has 0 unspecified atom stereocenters. The summed E-state index contributed by atoms with van der Waals surface area (Å²) < 4.78 is 10.5. The number of fused-ring (bicyclic) bond motifs is 1. The van der Waals surface area contributed by atoms with Gasteiger partial charge in [-0.1, -0.05) is 29.3 Å². The second-order valence-corrected chi connectivity index (χ2v) is 5.48. The van der Waals surface area contributed by atoms with E-state index in [1.807, 2.05) is 0 Å². The van der Waals surface area contributed by atoms with Gasteiger partial charge in [-0.2, -0.15) is 0 Å². The molecule has 22 heavy (non-hydrogen) atoms. The molecule has 2 aromatic rings. The van der Waals surface area contributed by atoms with Crippen molar-refractivity contribution in [1.29, 1.82) is 0 Å². The van der Waals surface area contributed by atoms with Gasteiger partial charge in [0.15, 0.2) is 23.0 Å². The van der Waals surface area contributed by atoms with Crippen LogP contribution in [0.4, 0.5) is 0 Å². The number of methoxy groups -OCH3 is 1. The Balaban J connectivity index is 1.99. The smallest absolute Gasteiger partial charge is 0.232 e. The van der Waals surface area contributed by atoms with E-state index in [-0.39, 0.29) is 22.3 Å². The van der Waals surface area contributed by atoms with Crippen molar-refractivity contribution < 1.29 is 19.4 Å². The predicted octanol–water partition coefficient (Wildman–Crippen LogP) is 4.32. The van der Waals surface area contributed by atoms with Crippen LogP contribution >= 0.6 is 23.2 Å². The van der Waals surface area contributed by atoms with Gasteiger partial charge in [0, 0.05) is 5.02 Å². The fourth-order valence-corrected chi connectivity index (χ4v) is 2.70. The van der Waals surface area contributed by atoms with Crippen molar-refractivity contribution in [2.45, 2.75) is 0 Å². The minimum Gasteiger partial charge on any atom is -0.504 e. The van der Waals surface area contributed by atoms with Crippen molar-refractivity contribution in [3.63, 3.8) is 0 Å². The van der Waals surface area contributed by atoms with Gasteiger partial charge in [0.25, 0.3) is 0 Å². The van der Waals surface area contributed by atoms with Crippen molar-refractivity contribution in [3.05, 3.63) is 57.3 Å². The van der Waals surface area contributed by atoms with Crippen LogP contribution in [0, 0.1) is 0 Å². The Morgan fingerprint density at radius 3 is 2.68 bits per heavy atom. The van der Waals surface area contributed by atoms with Crippen molar-refractivity contribution in [2.24, 2.45) is 0 Å². The predicted molar refractivity (Wildman–Crippen MR) is 84.1 cm³/mol. The molecule has 0 spiro atoms. The molecule has 0 fully saturated rings. The summed E-state index contributed by atoms with van der Waals surface area (Å²) in [6, 6.07) is 7.78. The average Bonchev–Trinajstić information content (AvgIpc) is 2.77. The number of benzene rings is 2. The Morgan fingerprint density at radius 1 is 1.23 bits per heavy atom. The first-order valence-electron chi connectivity index (χ1n) is 6.30. The third-order valence-corrected chi connectivity index (χ3v) is 3.69. The lowest BCUT2D eigenvalue weighted by Crippen LogP contribution is -1.98. The number of ketones is 1. The Bertz CT molecular complexity index is 812. The minimum atomic E-state index is -0.310. The van der Waals surface area contributed by atoms with Gasteiger partial charge in [-0.25, -0.2) is 0 Å². The van der Waals surface area contributed by atoms with E-state index in [1.165, 1.54) is 31.4 Å². The molecule has 0 atom stereocenters. The molecule has 112 valence electrons. The first-order valence-corrected chi connectivity index (χ1v) is 7.05. The highest BCUT2D eigenvalue weighted by molar-refractivity contribution is 6.37. The van der Waals surface area contributed by atoms with Crippen molar-refractivity contribution in [2.75, 3.05) is 7.11 Å². The van der Waals surface area contributed by atoms with Crippen molar-refractivity contribution in [3.8, 4) is 17.2 Å². The SMILES string of the molecule is COc1ccc(/C=C2\Oc3c(Cl)cc(Cl)cc3C2=O)cc1O. The van der Waals surface area contributed by atoms with Crippen LogP contribution in [0.1, 0.15) is 15.9 Å². The normalized spacial score (nSPS) is 14.9. The summed E-state index contributed by atoms with van der Waals surface area (Å²) in [5, 5.41) is 10.4. The number of rotatable bonds is 2. The lowest BCUT2D eigenvalue weighted by atomic mass is 10.1. The van der Waals surface area contributed by atoms with Gasteiger partial charge in [-0.15, -0.1) is 0 Å². The summed E-state index contributed by atoms with van der Waals surface area (Å²) in [5.41, 5.74) is 0.915. The molecule has 1 aliphatic heterocycles. The Morgan fingerprint density at radius 2 is 2.00 bits per heavy atom. The number of carbonyl (C=O) groups excluding carboxylic acids is 1. The van der Waals surface area contributed by atoms with E-state index in [0.29, 0.717) is 27.6 Å². The molecule has 0 radical (unpaired) electrons. The largest absolute Gasteiger partial charge is 0.504 e. The average molecular weight is 337 g/mol. The summed E-state index contributed by atoms with van der Waals surface area (Å²) in [6.07, 6.45) is 1.52. The van der Waals surface area contributed by atoms with Crippen LogP contribution in [-0.4, -0.2) is 18.0 Å². The molecule has 6 heteroatoms. The number of carbonyl (C=O) groups is 1. The molecule has 0 aromatic heterocycles. The topological polar surface area (TPSA) is 55.8 Å². The number of halogens is 2. The third kappa shape index (κ3) is 2.51. The summed E-state index contributed by atoms with van der Waals surface area (Å²) in [6.45, 7) is 0. The second kappa shape index (κ2) is 5.55. The number of aromatic hydroxyl groups is 1. The first kappa shape index (κ1) is 14.8. The lowest BCUT2D eigenvalue weighted by molar-refractivity contribution is 0.101. The zero-order valence-electron chi connectivity index (χ0n) is 11.4. The Labute approximate surface area is 136 Å². The highest BCUT2D eigenvalue weighted by Gasteiger charge is 2.30. The molecule has 0 aliphatic carbocycles. The minimum absolute atomic E-state index is 0.0270. The van der Waals surface area contributed by atoms with E-state index in [4.69, 9.17) is 32.7 Å². The molecule has 1 aliphatic rings. The molecule has 3 rings (SSSR count). The van der Waals surface area contributed by atoms with Crippen LogP contribution < -0.4 is 9.47 Å². The van der Waals surface area contributed by atoms with Gasteiger partial charge in [0.2, 0.25) is 5.78 Å². The van der Waals surface area contributed by atoms with Gasteiger partial charge in [0.1, 0.15) is 0 Å². The van der Waals surface area contributed by atoms with Gasteiger partial charge >= 0.3 is 0 Å². The molecule has 1 N–H and O–H groups in total. The summed E-state index contributed by atoms with van der Waals surface area (Å²) in [7, 11) is 1.46. The van der Waals surface area contributed by atoms with Gasteiger partial charge in [-0.05, 0) is 35.9 Å². The zero-order valence-corrected chi connectivity index (χ0v) is 12.9. The maximum atomic E-state index is 12.3. The third-order valence-electron chi connectivity index (χ3n) is 3.19. The fraction of sp³-hybridized carbons (Fsp3) is 0.0625. The quantitative estimate of drug-likeness (QED) is 0.829. The summed E-state index contributed by atoms with van der Waals surface area (Å²) in [4.78, 5) is 12.3. The van der Waals surface area contributed by atoms with E-state index < -0.39 is 0 Å². The maximum Gasteiger partial charge on any atom is 0.232 e. The van der Waals surface area contributed by atoms with Gasteiger partial charge < -0.3 is 14.6 Å². The summed E-state index contributed by atoms with van der Waals surface area (Å²) >= 11 is 11.9. The number of allylic oxidation sites excluding steroid dienone is 1. The highest BCUT2D eigenvalue weighted by Crippen LogP contribution is 2.40. The molecule has 2 aromatic carbocycles. The molecular weight excluding hydrogens is 327 g/mol. The Kier molecular flexibility index (Phi) is 3.72. The van der Waals surface area contributed by atoms with Crippen LogP contribution in [-0.2, 0) is 0 Å². The van der Waals surface area contributed by atoms with E-state index >= 15 is 0 Å². The van der Waals surface area contributed by atoms with Crippen LogP contribution in [0.5, 0.6) is 17.2 Å².